The molecule has 0 unspecified atom stereocenters. The number of fused-ring (bicyclic) bond motifs is 1. The predicted octanol–water partition coefficient (Wildman–Crippen LogP) is 1.52. The van der Waals surface area contributed by atoms with E-state index in [1.807, 2.05) is 0 Å². The zero-order chi connectivity index (χ0) is 9.42. The van der Waals surface area contributed by atoms with E-state index >= 15 is 0 Å². The van der Waals surface area contributed by atoms with Gasteiger partial charge in [0.05, 0.1) is 5.52 Å². The molecular formula is C9H7FN2O. The second kappa shape index (κ2) is 2.65. The first-order valence-corrected chi connectivity index (χ1v) is 3.80. The van der Waals surface area contributed by atoms with Crippen molar-refractivity contribution < 1.29 is 9.18 Å². The van der Waals surface area contributed by atoms with E-state index in [2.05, 4.69) is 4.98 Å². The van der Waals surface area contributed by atoms with E-state index < -0.39 is 0 Å². The van der Waals surface area contributed by atoms with Gasteiger partial charge in [0.25, 0.3) is 0 Å². The van der Waals surface area contributed by atoms with Crippen molar-refractivity contribution in [1.82, 2.24) is 9.55 Å². The standard InChI is InChI=1S/C9H7FN2O/c1-12-8(5-13)11-7-4-2-3-6(10)9(7)12/h2-5H,1H3. The fraction of sp³-hybridized carbons (Fsp3) is 0.111. The summed E-state index contributed by atoms with van der Waals surface area (Å²) in [6.07, 6.45) is 0.611. The minimum absolute atomic E-state index is 0.236. The molecule has 2 rings (SSSR count). The van der Waals surface area contributed by atoms with Crippen LogP contribution >= 0.6 is 0 Å². The lowest BCUT2D eigenvalue weighted by Gasteiger charge is -1.95. The summed E-state index contributed by atoms with van der Waals surface area (Å²) in [6, 6.07) is 4.59. The Labute approximate surface area is 73.8 Å². The summed E-state index contributed by atoms with van der Waals surface area (Å²) in [6.45, 7) is 0. The number of nitrogens with zero attached hydrogens (tertiary/aromatic N) is 2. The van der Waals surface area contributed by atoms with Gasteiger partial charge < -0.3 is 4.57 Å². The second-order valence-electron chi connectivity index (χ2n) is 2.75. The van der Waals surface area contributed by atoms with E-state index in [9.17, 15) is 9.18 Å². The minimum Gasteiger partial charge on any atom is -0.322 e. The highest BCUT2D eigenvalue weighted by Gasteiger charge is 2.09. The van der Waals surface area contributed by atoms with Gasteiger partial charge in [0.1, 0.15) is 11.3 Å². The molecule has 0 saturated carbocycles. The minimum atomic E-state index is -0.361. The van der Waals surface area contributed by atoms with Crippen molar-refractivity contribution in [2.75, 3.05) is 0 Å². The first kappa shape index (κ1) is 7.91. The Bertz CT molecular complexity index is 476. The van der Waals surface area contributed by atoms with Gasteiger partial charge in [-0.15, -0.1) is 0 Å². The molecule has 0 atom stereocenters. The third-order valence-electron chi connectivity index (χ3n) is 1.98. The summed E-state index contributed by atoms with van der Waals surface area (Å²) >= 11 is 0. The second-order valence-corrected chi connectivity index (χ2v) is 2.75. The Hall–Kier alpha value is -1.71. The summed E-state index contributed by atoms with van der Waals surface area (Å²) in [4.78, 5) is 14.4. The van der Waals surface area contributed by atoms with Crippen LogP contribution in [-0.4, -0.2) is 15.8 Å². The van der Waals surface area contributed by atoms with Crippen molar-refractivity contribution in [3.8, 4) is 0 Å². The van der Waals surface area contributed by atoms with Crippen LogP contribution in [0.5, 0.6) is 0 Å². The Balaban J connectivity index is 2.92. The molecule has 0 aliphatic rings. The van der Waals surface area contributed by atoms with E-state index in [-0.39, 0.29) is 11.6 Å². The lowest BCUT2D eigenvalue weighted by atomic mass is 10.3. The maximum Gasteiger partial charge on any atom is 0.185 e. The largest absolute Gasteiger partial charge is 0.322 e. The molecule has 0 fully saturated rings. The molecule has 0 aliphatic carbocycles. The van der Waals surface area contributed by atoms with E-state index in [1.165, 1.54) is 10.6 Å². The van der Waals surface area contributed by atoms with Gasteiger partial charge in [0, 0.05) is 7.05 Å². The lowest BCUT2D eigenvalue weighted by Crippen LogP contribution is -1.96. The molecule has 4 heteroatoms. The predicted molar refractivity (Wildman–Crippen MR) is 46.1 cm³/mol. The van der Waals surface area contributed by atoms with Crippen molar-refractivity contribution >= 4 is 17.3 Å². The lowest BCUT2D eigenvalue weighted by molar-refractivity contribution is 0.111. The fourth-order valence-corrected chi connectivity index (χ4v) is 1.34. The molecule has 0 bridgehead atoms. The normalized spacial score (nSPS) is 10.6. The molecule has 13 heavy (non-hydrogen) atoms. The molecular weight excluding hydrogens is 171 g/mol. The number of hydrogen-bond donors (Lipinski definition) is 0. The van der Waals surface area contributed by atoms with Crippen molar-refractivity contribution in [3.63, 3.8) is 0 Å². The topological polar surface area (TPSA) is 34.9 Å². The molecule has 0 spiro atoms. The number of carbonyl (C=O) groups is 1. The quantitative estimate of drug-likeness (QED) is 0.620. The summed E-state index contributed by atoms with van der Waals surface area (Å²) in [5.74, 6) is -0.124. The molecule has 3 nitrogen and oxygen atoms in total. The molecule has 2 aromatic rings. The number of imidazole rings is 1. The van der Waals surface area contributed by atoms with Crippen LogP contribution in [0.4, 0.5) is 4.39 Å². The molecule has 0 aliphatic heterocycles. The number of aromatic nitrogens is 2. The van der Waals surface area contributed by atoms with Gasteiger partial charge in [0.15, 0.2) is 12.1 Å². The third-order valence-corrected chi connectivity index (χ3v) is 1.98. The average molecular weight is 178 g/mol. The number of halogens is 1. The van der Waals surface area contributed by atoms with Crippen LogP contribution in [-0.2, 0) is 7.05 Å². The molecule has 1 aromatic heterocycles. The highest BCUT2D eigenvalue weighted by atomic mass is 19.1. The van der Waals surface area contributed by atoms with E-state index in [0.29, 0.717) is 17.3 Å². The Morgan fingerprint density at radius 1 is 1.54 bits per heavy atom. The molecule has 0 N–H and O–H groups in total. The number of benzene rings is 1. The van der Waals surface area contributed by atoms with Crippen molar-refractivity contribution in [2.45, 2.75) is 0 Å². The smallest absolute Gasteiger partial charge is 0.185 e. The van der Waals surface area contributed by atoms with E-state index in [4.69, 9.17) is 0 Å². The van der Waals surface area contributed by atoms with Crippen LogP contribution < -0.4 is 0 Å². The van der Waals surface area contributed by atoms with Gasteiger partial charge in [-0.2, -0.15) is 0 Å². The first-order valence-electron chi connectivity index (χ1n) is 3.80. The van der Waals surface area contributed by atoms with Gasteiger partial charge in [-0.3, -0.25) is 4.79 Å². The number of rotatable bonds is 1. The van der Waals surface area contributed by atoms with Gasteiger partial charge in [-0.1, -0.05) is 6.07 Å². The molecule has 0 amide bonds. The van der Waals surface area contributed by atoms with Crippen molar-refractivity contribution in [1.29, 1.82) is 0 Å². The first-order chi connectivity index (χ1) is 6.24. The summed E-state index contributed by atoms with van der Waals surface area (Å²) in [7, 11) is 1.61. The van der Waals surface area contributed by atoms with Crippen LogP contribution in [0, 0.1) is 5.82 Å². The number of hydrogen-bond acceptors (Lipinski definition) is 2. The van der Waals surface area contributed by atoms with Crippen molar-refractivity contribution in [2.24, 2.45) is 7.05 Å². The van der Waals surface area contributed by atoms with Crippen LogP contribution in [0.15, 0.2) is 18.2 Å². The number of aldehydes is 1. The summed E-state index contributed by atoms with van der Waals surface area (Å²) in [5, 5.41) is 0. The average Bonchev–Trinajstić information content (AvgIpc) is 2.44. The fourth-order valence-electron chi connectivity index (χ4n) is 1.34. The van der Waals surface area contributed by atoms with Gasteiger partial charge >= 0.3 is 0 Å². The monoisotopic (exact) mass is 178 g/mol. The molecule has 1 aromatic carbocycles. The highest BCUT2D eigenvalue weighted by Crippen LogP contribution is 2.16. The van der Waals surface area contributed by atoms with Gasteiger partial charge in [-0.25, -0.2) is 9.37 Å². The van der Waals surface area contributed by atoms with Crippen LogP contribution in [0.3, 0.4) is 0 Å². The zero-order valence-corrected chi connectivity index (χ0v) is 6.99. The van der Waals surface area contributed by atoms with Crippen molar-refractivity contribution in [3.05, 3.63) is 29.8 Å². The van der Waals surface area contributed by atoms with Crippen LogP contribution in [0.25, 0.3) is 11.0 Å². The van der Waals surface area contributed by atoms with E-state index in [1.54, 1.807) is 19.2 Å². The molecule has 66 valence electrons. The highest BCUT2D eigenvalue weighted by molar-refractivity contribution is 5.83. The maximum atomic E-state index is 13.2. The molecule has 1 heterocycles. The number of aryl methyl sites for hydroxylation is 1. The summed E-state index contributed by atoms with van der Waals surface area (Å²) < 4.78 is 14.7. The Morgan fingerprint density at radius 2 is 2.31 bits per heavy atom. The van der Waals surface area contributed by atoms with E-state index in [0.717, 1.165) is 0 Å². The number of carbonyl (C=O) groups excluding carboxylic acids is 1. The SMILES string of the molecule is Cn1c(C=O)nc2cccc(F)c21. The Kier molecular flexibility index (Phi) is 1.62. The number of para-hydroxylation sites is 1. The Morgan fingerprint density at radius 3 is 2.92 bits per heavy atom. The van der Waals surface area contributed by atoms with Gasteiger partial charge in [-0.05, 0) is 12.1 Å². The third kappa shape index (κ3) is 1.02. The molecule has 0 saturated heterocycles. The maximum absolute atomic E-state index is 13.2. The molecule has 0 radical (unpaired) electrons. The van der Waals surface area contributed by atoms with Crippen LogP contribution in [0.1, 0.15) is 10.6 Å². The van der Waals surface area contributed by atoms with Gasteiger partial charge in [0.2, 0.25) is 0 Å². The summed E-state index contributed by atoms with van der Waals surface area (Å²) in [5.41, 5.74) is 0.870. The zero-order valence-electron chi connectivity index (χ0n) is 6.99. The van der Waals surface area contributed by atoms with Crippen LogP contribution in [0.2, 0.25) is 0 Å².